The lowest BCUT2D eigenvalue weighted by Gasteiger charge is -2.07. The maximum absolute atomic E-state index is 12.9. The number of benzene rings is 1. The minimum Gasteiger partial charge on any atom is -0.343 e. The lowest BCUT2D eigenvalue weighted by atomic mass is 10.0. The molecule has 1 aromatic carbocycles. The van der Waals surface area contributed by atoms with Gasteiger partial charge in [0, 0.05) is 50.3 Å². The Bertz CT molecular complexity index is 953. The third kappa shape index (κ3) is 2.81. The number of nitrogens with one attached hydrogen (secondary N) is 2. The van der Waals surface area contributed by atoms with E-state index in [2.05, 4.69) is 20.2 Å². The average molecular weight is 336 g/mol. The Labute approximate surface area is 146 Å². The molecule has 0 saturated heterocycles. The summed E-state index contributed by atoms with van der Waals surface area (Å²) >= 11 is 0. The van der Waals surface area contributed by atoms with Crippen LogP contribution in [0.3, 0.4) is 0 Å². The summed E-state index contributed by atoms with van der Waals surface area (Å²) in [7, 11) is 0. The molecule has 1 aliphatic rings. The largest absolute Gasteiger partial charge is 0.343 e. The van der Waals surface area contributed by atoms with E-state index >= 15 is 0 Å². The van der Waals surface area contributed by atoms with Crippen LogP contribution in [0.1, 0.15) is 17.5 Å². The van der Waals surface area contributed by atoms with E-state index in [4.69, 9.17) is 0 Å². The number of aromatic nitrogens is 2. The first-order chi connectivity index (χ1) is 12.3. The van der Waals surface area contributed by atoms with Gasteiger partial charge in [0.05, 0.1) is 5.56 Å². The van der Waals surface area contributed by atoms with Crippen molar-refractivity contribution in [1.29, 1.82) is 0 Å². The molecule has 4 rings (SSSR count). The van der Waals surface area contributed by atoms with Crippen LogP contribution in [0.25, 0.3) is 10.9 Å². The van der Waals surface area contributed by atoms with Gasteiger partial charge in [-0.3, -0.25) is 9.59 Å². The Balaban J connectivity index is 0.00000196. The summed E-state index contributed by atoms with van der Waals surface area (Å²) in [6.07, 6.45) is 2.29. The third-order valence-corrected chi connectivity index (χ3v) is 4.47. The van der Waals surface area contributed by atoms with Crippen LogP contribution < -0.4 is 10.6 Å². The van der Waals surface area contributed by atoms with E-state index in [1.165, 1.54) is 0 Å². The van der Waals surface area contributed by atoms with Crippen LogP contribution in [0.4, 0.5) is 5.82 Å². The Morgan fingerprint density at radius 2 is 1.96 bits per heavy atom. The molecule has 0 spiro atoms. The molecule has 3 aromatic rings. The van der Waals surface area contributed by atoms with Crippen molar-refractivity contribution in [1.82, 2.24) is 14.9 Å². The number of hydrogen-bond donors (Lipinski definition) is 2. The Kier molecular flexibility index (Phi) is 4.03. The minimum atomic E-state index is -0.657. The zero-order chi connectivity index (χ0) is 17.2. The van der Waals surface area contributed by atoms with Crippen molar-refractivity contribution in [3.05, 3.63) is 59.9 Å². The third-order valence-electron chi connectivity index (χ3n) is 4.47. The van der Waals surface area contributed by atoms with Crippen LogP contribution in [-0.2, 0) is 17.8 Å². The molecule has 0 unspecified atom stereocenters. The highest BCUT2D eigenvalue weighted by Gasteiger charge is 2.27. The van der Waals surface area contributed by atoms with Gasteiger partial charge < -0.3 is 15.2 Å². The molecule has 6 nitrogen and oxygen atoms in total. The van der Waals surface area contributed by atoms with Gasteiger partial charge in [-0.1, -0.05) is 24.3 Å². The number of para-hydroxylation sites is 1. The molecule has 1 aliphatic heterocycles. The topological polar surface area (TPSA) is 76.0 Å². The van der Waals surface area contributed by atoms with E-state index in [9.17, 15) is 9.59 Å². The quantitative estimate of drug-likeness (QED) is 0.568. The predicted molar refractivity (Wildman–Crippen MR) is 97.8 cm³/mol. The molecule has 128 valence electrons. The Morgan fingerprint density at radius 1 is 1.12 bits per heavy atom. The van der Waals surface area contributed by atoms with Crippen LogP contribution >= 0.6 is 0 Å². The van der Waals surface area contributed by atoms with Crippen LogP contribution in [0.15, 0.2) is 48.7 Å². The number of rotatable bonds is 3. The van der Waals surface area contributed by atoms with Crippen molar-refractivity contribution < 1.29 is 11.0 Å². The molecule has 0 aliphatic carbocycles. The number of pyridine rings is 1. The highest BCUT2D eigenvalue weighted by molar-refractivity contribution is 6.48. The molecule has 1 amide bonds. The van der Waals surface area contributed by atoms with E-state index in [1.807, 2.05) is 24.3 Å². The zero-order valence-electron chi connectivity index (χ0n) is 13.7. The van der Waals surface area contributed by atoms with Crippen molar-refractivity contribution in [2.24, 2.45) is 0 Å². The second kappa shape index (κ2) is 6.49. The highest BCUT2D eigenvalue weighted by atomic mass is 16.2. The number of nitrogens with zero attached hydrogens (tertiary/aromatic N) is 2. The molecule has 0 radical (unpaired) electrons. The van der Waals surface area contributed by atoms with Gasteiger partial charge in [-0.25, -0.2) is 4.98 Å². The lowest BCUT2D eigenvalue weighted by Crippen LogP contribution is -2.24. The summed E-state index contributed by atoms with van der Waals surface area (Å²) in [6.45, 7) is 2.42. The van der Waals surface area contributed by atoms with Gasteiger partial charge in [0.2, 0.25) is 0 Å². The molecular weight excluding hydrogens is 316 g/mol. The smallest absolute Gasteiger partial charge is 0.298 e. The maximum Gasteiger partial charge on any atom is 0.298 e. The number of hydrogen-bond acceptors (Lipinski definition) is 4. The lowest BCUT2D eigenvalue weighted by molar-refractivity contribution is -0.112. The van der Waals surface area contributed by atoms with Crippen molar-refractivity contribution in [3.8, 4) is 0 Å². The number of carbonyl (C=O) groups is 2. The molecule has 0 saturated carbocycles. The summed E-state index contributed by atoms with van der Waals surface area (Å²) in [5, 5.41) is 6.76. The van der Waals surface area contributed by atoms with Gasteiger partial charge in [-0.15, -0.1) is 0 Å². The van der Waals surface area contributed by atoms with Crippen molar-refractivity contribution in [2.75, 3.05) is 18.4 Å². The van der Waals surface area contributed by atoms with E-state index < -0.39 is 11.7 Å². The first-order valence-corrected chi connectivity index (χ1v) is 8.33. The summed E-state index contributed by atoms with van der Waals surface area (Å²) in [5.41, 5.74) is 2.43. The second-order valence-corrected chi connectivity index (χ2v) is 5.99. The highest BCUT2D eigenvalue weighted by Crippen LogP contribution is 2.28. The van der Waals surface area contributed by atoms with E-state index in [1.54, 1.807) is 24.4 Å². The Morgan fingerprint density at radius 3 is 2.80 bits per heavy atom. The summed E-state index contributed by atoms with van der Waals surface area (Å²) < 4.78 is 2.15. The van der Waals surface area contributed by atoms with Gasteiger partial charge >= 0.3 is 0 Å². The monoisotopic (exact) mass is 336 g/mol. The Hall–Kier alpha value is -2.99. The fraction of sp³-hybridized carbons (Fsp3) is 0.211. The van der Waals surface area contributed by atoms with Gasteiger partial charge in [0.15, 0.2) is 0 Å². The van der Waals surface area contributed by atoms with Gasteiger partial charge in [0.1, 0.15) is 5.82 Å². The number of carbonyl (C=O) groups excluding carboxylic acids is 2. The van der Waals surface area contributed by atoms with Crippen LogP contribution in [0, 0.1) is 0 Å². The molecule has 25 heavy (non-hydrogen) atoms. The van der Waals surface area contributed by atoms with Crippen molar-refractivity contribution >= 4 is 28.4 Å². The molecule has 2 aromatic heterocycles. The summed E-state index contributed by atoms with van der Waals surface area (Å²) in [6, 6.07) is 12.9. The fourth-order valence-corrected chi connectivity index (χ4v) is 3.37. The van der Waals surface area contributed by atoms with Crippen molar-refractivity contribution in [2.45, 2.75) is 13.0 Å². The zero-order valence-corrected chi connectivity index (χ0v) is 13.7. The predicted octanol–water partition coefficient (Wildman–Crippen LogP) is 2.25. The molecule has 6 heteroatoms. The molecule has 2 N–H and O–H groups in total. The maximum atomic E-state index is 12.9. The summed E-state index contributed by atoms with van der Waals surface area (Å²) in [4.78, 5) is 29.5. The standard InChI is InChI=1S/C19H18N4O2.H2/c24-18(19(25)22-16-7-3-4-9-21-16)17-13-5-1-2-6-14(13)23-12-11-20-10-8-15(17)23;/h1-7,9,20H,8,10-12H2,(H,21,22,25);1H. The first-order valence-electron chi connectivity index (χ1n) is 8.33. The number of amides is 1. The SMILES string of the molecule is O=C(Nc1ccccn1)C(=O)c1c2n(c3ccccc13)CCNCC2.[HH]. The van der Waals surface area contributed by atoms with Crippen LogP contribution in [0.2, 0.25) is 0 Å². The number of Topliss-reactive ketones (excluding diaryl/α,β-unsaturated/α-hetero) is 1. The minimum absolute atomic E-state index is 0. The molecule has 0 bridgehead atoms. The average Bonchev–Trinajstić information content (AvgIpc) is 2.79. The molecule has 0 atom stereocenters. The van der Waals surface area contributed by atoms with Crippen molar-refractivity contribution in [3.63, 3.8) is 0 Å². The van der Waals surface area contributed by atoms with Crippen LogP contribution in [0.5, 0.6) is 0 Å². The van der Waals surface area contributed by atoms with E-state index in [-0.39, 0.29) is 1.43 Å². The summed E-state index contributed by atoms with van der Waals surface area (Å²) in [5.74, 6) is -0.801. The number of fused-ring (bicyclic) bond motifs is 3. The van der Waals surface area contributed by atoms with Gasteiger partial charge in [-0.2, -0.15) is 0 Å². The van der Waals surface area contributed by atoms with E-state index in [0.717, 1.165) is 36.2 Å². The number of ketones is 1. The van der Waals surface area contributed by atoms with E-state index in [0.29, 0.717) is 17.8 Å². The number of anilines is 1. The molecular formula is C19H20N4O2. The van der Waals surface area contributed by atoms with Crippen LogP contribution in [-0.4, -0.2) is 34.3 Å². The normalized spacial score (nSPS) is 13.9. The second-order valence-electron chi connectivity index (χ2n) is 5.99. The van der Waals surface area contributed by atoms with Gasteiger partial charge in [0.25, 0.3) is 11.7 Å². The van der Waals surface area contributed by atoms with Gasteiger partial charge in [-0.05, 0) is 18.2 Å². The first kappa shape index (κ1) is 15.5. The molecule has 0 fully saturated rings. The fourth-order valence-electron chi connectivity index (χ4n) is 3.37. The molecule has 3 heterocycles.